The molecule has 0 unspecified atom stereocenters. The summed E-state index contributed by atoms with van der Waals surface area (Å²) in [4.78, 5) is 12.5. The van der Waals surface area contributed by atoms with Crippen LogP contribution in [0.1, 0.15) is 35.3 Å². The van der Waals surface area contributed by atoms with Crippen LogP contribution < -0.4 is 9.47 Å². The lowest BCUT2D eigenvalue weighted by atomic mass is 10.0. The summed E-state index contributed by atoms with van der Waals surface area (Å²) in [6, 6.07) is 6.97. The van der Waals surface area contributed by atoms with Gasteiger partial charge in [0.25, 0.3) is 0 Å². The van der Waals surface area contributed by atoms with Gasteiger partial charge in [0, 0.05) is 23.1 Å². The van der Waals surface area contributed by atoms with Gasteiger partial charge in [0.15, 0.2) is 5.78 Å². The molecule has 136 valence electrons. The summed E-state index contributed by atoms with van der Waals surface area (Å²) in [6.07, 6.45) is 4.11. The zero-order chi connectivity index (χ0) is 18.8. The third-order valence-electron chi connectivity index (χ3n) is 4.04. The molecule has 1 heterocycles. The topological polar surface area (TPSA) is 35.5 Å². The van der Waals surface area contributed by atoms with E-state index in [0.717, 1.165) is 23.3 Å². The average molecular weight is 412 g/mol. The van der Waals surface area contributed by atoms with Gasteiger partial charge < -0.3 is 9.47 Å². The number of benzene rings is 2. The molecule has 0 aromatic heterocycles. The third kappa shape index (κ3) is 3.85. The van der Waals surface area contributed by atoms with Crippen molar-refractivity contribution in [3.63, 3.8) is 0 Å². The smallest absolute Gasteiger partial charge is 0.187 e. The summed E-state index contributed by atoms with van der Waals surface area (Å²) < 4.78 is 11.5. The predicted molar refractivity (Wildman–Crippen MR) is 106 cm³/mol. The number of ketones is 1. The van der Waals surface area contributed by atoms with Gasteiger partial charge in [-0.05, 0) is 50.3 Å². The van der Waals surface area contributed by atoms with Crippen LogP contribution >= 0.6 is 34.8 Å². The van der Waals surface area contributed by atoms with Crippen LogP contribution in [0.15, 0.2) is 30.3 Å². The van der Waals surface area contributed by atoms with Crippen LogP contribution in [0, 0.1) is 0 Å². The zero-order valence-corrected chi connectivity index (χ0v) is 16.6. The summed E-state index contributed by atoms with van der Waals surface area (Å²) in [5.74, 6) is 1.26. The monoisotopic (exact) mass is 410 g/mol. The van der Waals surface area contributed by atoms with Crippen molar-refractivity contribution in [1.82, 2.24) is 0 Å². The van der Waals surface area contributed by atoms with Gasteiger partial charge in [-0.2, -0.15) is 0 Å². The maximum absolute atomic E-state index is 12.5. The van der Waals surface area contributed by atoms with E-state index in [9.17, 15) is 4.79 Å². The lowest BCUT2D eigenvalue weighted by molar-refractivity contribution is 0.104. The van der Waals surface area contributed by atoms with Crippen molar-refractivity contribution in [3.05, 3.63) is 62.1 Å². The summed E-state index contributed by atoms with van der Waals surface area (Å²) >= 11 is 18.1. The summed E-state index contributed by atoms with van der Waals surface area (Å²) in [6.45, 7) is 4.47. The predicted octanol–water partition coefficient (Wildman–Crippen LogP) is 6.27. The van der Waals surface area contributed by atoms with Crippen molar-refractivity contribution in [2.24, 2.45) is 0 Å². The quantitative estimate of drug-likeness (QED) is 0.331. The molecule has 2 aromatic rings. The molecule has 1 aliphatic rings. The van der Waals surface area contributed by atoms with E-state index in [1.54, 1.807) is 18.2 Å². The van der Waals surface area contributed by atoms with Crippen LogP contribution in [0.2, 0.25) is 15.1 Å². The Balaban J connectivity index is 1.92. The molecular weight excluding hydrogens is 395 g/mol. The molecule has 0 bridgehead atoms. The zero-order valence-electron chi connectivity index (χ0n) is 14.3. The Kier molecular flexibility index (Phi) is 5.81. The van der Waals surface area contributed by atoms with Gasteiger partial charge in [-0.15, -0.1) is 0 Å². The average Bonchev–Trinajstić information content (AvgIpc) is 2.96. The van der Waals surface area contributed by atoms with Crippen LogP contribution in [0.3, 0.4) is 0 Å². The highest BCUT2D eigenvalue weighted by atomic mass is 35.5. The second kappa shape index (κ2) is 7.91. The Morgan fingerprint density at radius 3 is 2.77 bits per heavy atom. The normalized spacial score (nSPS) is 15.8. The standard InChI is InChI=1S/C20H17Cl3O3/c1-3-25-17-10-13-8-11(2)26-18(13)9-12(17)4-7-16(24)14-5-6-15(21)20(23)19(14)22/h4-7,9-11H,3,8H2,1-2H3/b7-4+/t11-/m0/s1. The first-order chi connectivity index (χ1) is 12.4. The largest absolute Gasteiger partial charge is 0.493 e. The van der Waals surface area contributed by atoms with E-state index >= 15 is 0 Å². The van der Waals surface area contributed by atoms with Gasteiger partial charge in [-0.25, -0.2) is 0 Å². The molecule has 3 nitrogen and oxygen atoms in total. The Morgan fingerprint density at radius 1 is 1.27 bits per heavy atom. The van der Waals surface area contributed by atoms with Gasteiger partial charge in [-0.3, -0.25) is 4.79 Å². The third-order valence-corrected chi connectivity index (χ3v) is 5.34. The minimum absolute atomic E-state index is 0.135. The SMILES string of the molecule is CCOc1cc2c(cc1/C=C/C(=O)c1ccc(Cl)c(Cl)c1Cl)O[C@@H](C)C2. The number of carbonyl (C=O) groups is 1. The number of ether oxygens (including phenoxy) is 2. The van der Waals surface area contributed by atoms with Crippen molar-refractivity contribution in [3.8, 4) is 11.5 Å². The van der Waals surface area contributed by atoms with Gasteiger partial charge in [0.1, 0.15) is 17.6 Å². The number of hydrogen-bond donors (Lipinski definition) is 0. The second-order valence-electron chi connectivity index (χ2n) is 5.98. The number of hydrogen-bond acceptors (Lipinski definition) is 3. The molecular formula is C20H17Cl3O3. The van der Waals surface area contributed by atoms with Crippen molar-refractivity contribution >= 4 is 46.7 Å². The van der Waals surface area contributed by atoms with Gasteiger partial charge in [0.05, 0.1) is 21.7 Å². The Labute approximate surface area is 167 Å². The van der Waals surface area contributed by atoms with Crippen molar-refractivity contribution < 1.29 is 14.3 Å². The van der Waals surface area contributed by atoms with E-state index in [1.807, 2.05) is 26.0 Å². The molecule has 1 atom stereocenters. The lowest BCUT2D eigenvalue weighted by Gasteiger charge is -2.10. The van der Waals surface area contributed by atoms with E-state index in [1.165, 1.54) is 6.08 Å². The van der Waals surface area contributed by atoms with Gasteiger partial charge >= 0.3 is 0 Å². The van der Waals surface area contributed by atoms with Crippen LogP contribution in [0.5, 0.6) is 11.5 Å². The van der Waals surface area contributed by atoms with Gasteiger partial charge in [0.2, 0.25) is 0 Å². The highest BCUT2D eigenvalue weighted by Crippen LogP contribution is 2.36. The number of rotatable bonds is 5. The first kappa shape index (κ1) is 19.1. The molecule has 26 heavy (non-hydrogen) atoms. The van der Waals surface area contributed by atoms with E-state index in [2.05, 4.69) is 0 Å². The van der Waals surface area contributed by atoms with Crippen molar-refractivity contribution in [2.75, 3.05) is 6.61 Å². The van der Waals surface area contributed by atoms with Crippen LogP contribution in [0.25, 0.3) is 6.08 Å². The highest BCUT2D eigenvalue weighted by Gasteiger charge is 2.21. The molecule has 0 saturated heterocycles. The van der Waals surface area contributed by atoms with Crippen molar-refractivity contribution in [1.29, 1.82) is 0 Å². The second-order valence-corrected chi connectivity index (χ2v) is 7.15. The molecule has 0 amide bonds. The fraction of sp³-hybridized carbons (Fsp3) is 0.250. The molecule has 0 radical (unpaired) electrons. The van der Waals surface area contributed by atoms with E-state index < -0.39 is 0 Å². The maximum Gasteiger partial charge on any atom is 0.187 e. The lowest BCUT2D eigenvalue weighted by Crippen LogP contribution is -2.05. The minimum atomic E-state index is -0.272. The number of allylic oxidation sites excluding steroid dienone is 1. The van der Waals surface area contributed by atoms with E-state index in [-0.39, 0.29) is 21.9 Å². The van der Waals surface area contributed by atoms with Crippen LogP contribution in [-0.2, 0) is 6.42 Å². The summed E-state index contributed by atoms with van der Waals surface area (Å²) in [5.41, 5.74) is 2.17. The molecule has 0 N–H and O–H groups in total. The first-order valence-electron chi connectivity index (χ1n) is 8.23. The van der Waals surface area contributed by atoms with Crippen LogP contribution in [0.4, 0.5) is 0 Å². The fourth-order valence-corrected chi connectivity index (χ4v) is 3.47. The molecule has 0 fully saturated rings. The number of fused-ring (bicyclic) bond motifs is 1. The number of halogens is 3. The number of carbonyl (C=O) groups excluding carboxylic acids is 1. The van der Waals surface area contributed by atoms with E-state index in [0.29, 0.717) is 22.9 Å². The first-order valence-corrected chi connectivity index (χ1v) is 9.36. The Bertz CT molecular complexity index is 890. The summed E-state index contributed by atoms with van der Waals surface area (Å²) in [7, 11) is 0. The van der Waals surface area contributed by atoms with Crippen LogP contribution in [-0.4, -0.2) is 18.5 Å². The Hall–Kier alpha value is -1.68. The molecule has 0 spiro atoms. The van der Waals surface area contributed by atoms with Gasteiger partial charge in [-0.1, -0.05) is 34.8 Å². The summed E-state index contributed by atoms with van der Waals surface area (Å²) in [5, 5.41) is 0.619. The molecule has 0 saturated carbocycles. The van der Waals surface area contributed by atoms with E-state index in [4.69, 9.17) is 44.3 Å². The maximum atomic E-state index is 12.5. The molecule has 2 aromatic carbocycles. The molecule has 3 rings (SSSR count). The Morgan fingerprint density at radius 2 is 2.04 bits per heavy atom. The van der Waals surface area contributed by atoms with Crippen molar-refractivity contribution in [2.45, 2.75) is 26.4 Å². The molecule has 0 aliphatic carbocycles. The highest BCUT2D eigenvalue weighted by molar-refractivity contribution is 6.49. The molecule has 1 aliphatic heterocycles. The molecule has 6 heteroatoms. The fourth-order valence-electron chi connectivity index (χ4n) is 2.84. The minimum Gasteiger partial charge on any atom is -0.493 e.